The SMILES string of the molecule is Cn1c(Cn2c3ccccc3c(=O)c3ccccc32)n[nH]c1=S. The summed E-state index contributed by atoms with van der Waals surface area (Å²) >= 11 is 5.19. The number of nitrogens with zero attached hydrogens (tertiary/aromatic N) is 3. The molecule has 0 amide bonds. The zero-order chi connectivity index (χ0) is 16.0. The van der Waals surface area contributed by atoms with E-state index < -0.39 is 0 Å². The molecule has 2 aromatic heterocycles. The average molecular weight is 322 g/mol. The predicted octanol–water partition coefficient (Wildman–Crippen LogP) is 2.99. The molecule has 114 valence electrons. The number of fused-ring (bicyclic) bond motifs is 2. The van der Waals surface area contributed by atoms with Gasteiger partial charge < -0.3 is 9.13 Å². The number of rotatable bonds is 2. The minimum absolute atomic E-state index is 0.0582. The first kappa shape index (κ1) is 13.9. The van der Waals surface area contributed by atoms with Gasteiger partial charge in [-0.1, -0.05) is 24.3 Å². The van der Waals surface area contributed by atoms with Crippen LogP contribution >= 0.6 is 12.2 Å². The normalized spacial score (nSPS) is 11.3. The molecule has 0 aliphatic heterocycles. The number of hydrogen-bond donors (Lipinski definition) is 1. The van der Waals surface area contributed by atoms with Crippen LogP contribution in [0.5, 0.6) is 0 Å². The second kappa shape index (κ2) is 5.17. The lowest BCUT2D eigenvalue weighted by molar-refractivity contribution is 0.725. The standard InChI is InChI=1S/C17H14N4OS/c1-20-15(18-19-17(20)23)10-21-13-8-4-2-6-11(13)16(22)12-7-3-5-9-14(12)21/h2-9H,10H2,1H3,(H,19,23). The lowest BCUT2D eigenvalue weighted by Crippen LogP contribution is -2.14. The molecule has 0 bridgehead atoms. The zero-order valence-corrected chi connectivity index (χ0v) is 13.3. The smallest absolute Gasteiger partial charge is 0.197 e. The number of aromatic nitrogens is 4. The van der Waals surface area contributed by atoms with Crippen LogP contribution in [0.4, 0.5) is 0 Å². The lowest BCUT2D eigenvalue weighted by atomic mass is 10.1. The average Bonchev–Trinajstić information content (AvgIpc) is 2.90. The van der Waals surface area contributed by atoms with Crippen molar-refractivity contribution in [1.29, 1.82) is 0 Å². The Morgan fingerprint density at radius 2 is 1.61 bits per heavy atom. The van der Waals surface area contributed by atoms with E-state index in [1.165, 1.54) is 0 Å². The first-order valence-corrected chi connectivity index (χ1v) is 7.68. The molecule has 0 spiro atoms. The quantitative estimate of drug-likeness (QED) is 0.456. The first-order valence-electron chi connectivity index (χ1n) is 7.27. The van der Waals surface area contributed by atoms with E-state index in [1.54, 1.807) is 0 Å². The Labute approximate surface area is 136 Å². The van der Waals surface area contributed by atoms with Crippen molar-refractivity contribution in [2.24, 2.45) is 7.05 Å². The highest BCUT2D eigenvalue weighted by Gasteiger charge is 2.12. The van der Waals surface area contributed by atoms with E-state index in [-0.39, 0.29) is 5.43 Å². The van der Waals surface area contributed by atoms with Gasteiger partial charge in [0.15, 0.2) is 16.0 Å². The maximum atomic E-state index is 12.7. The summed E-state index contributed by atoms with van der Waals surface area (Å²) in [5.41, 5.74) is 1.85. The molecule has 0 saturated heterocycles. The molecular weight excluding hydrogens is 308 g/mol. The highest BCUT2D eigenvalue weighted by atomic mass is 32.1. The molecule has 0 aliphatic carbocycles. The van der Waals surface area contributed by atoms with Crippen LogP contribution < -0.4 is 5.43 Å². The van der Waals surface area contributed by atoms with Crippen molar-refractivity contribution in [2.45, 2.75) is 6.54 Å². The topological polar surface area (TPSA) is 55.6 Å². The van der Waals surface area contributed by atoms with Crippen LogP contribution in [0.25, 0.3) is 21.8 Å². The van der Waals surface area contributed by atoms with Gasteiger partial charge in [-0.2, -0.15) is 5.10 Å². The van der Waals surface area contributed by atoms with Gasteiger partial charge >= 0.3 is 0 Å². The van der Waals surface area contributed by atoms with Gasteiger partial charge in [-0.25, -0.2) is 0 Å². The van der Waals surface area contributed by atoms with Crippen LogP contribution in [0.3, 0.4) is 0 Å². The fourth-order valence-corrected chi connectivity index (χ4v) is 3.06. The van der Waals surface area contributed by atoms with Crippen LogP contribution in [0.1, 0.15) is 5.82 Å². The Hall–Kier alpha value is -2.73. The van der Waals surface area contributed by atoms with Gasteiger partial charge in [-0.3, -0.25) is 9.89 Å². The van der Waals surface area contributed by atoms with Gasteiger partial charge in [-0.05, 0) is 36.5 Å². The largest absolute Gasteiger partial charge is 0.333 e. The van der Waals surface area contributed by atoms with E-state index in [4.69, 9.17) is 12.2 Å². The van der Waals surface area contributed by atoms with Gasteiger partial charge in [-0.15, -0.1) is 0 Å². The van der Waals surface area contributed by atoms with Crippen molar-refractivity contribution in [3.8, 4) is 0 Å². The number of aromatic amines is 1. The Morgan fingerprint density at radius 1 is 1.04 bits per heavy atom. The summed E-state index contributed by atoms with van der Waals surface area (Å²) in [5, 5.41) is 8.52. The molecular formula is C17H14N4OS. The summed E-state index contributed by atoms with van der Waals surface area (Å²) in [6, 6.07) is 15.3. The Bertz CT molecular complexity index is 1090. The van der Waals surface area contributed by atoms with Gasteiger partial charge in [0.1, 0.15) is 0 Å². The molecule has 4 rings (SSSR count). The molecule has 6 heteroatoms. The molecule has 0 radical (unpaired) electrons. The van der Waals surface area contributed by atoms with E-state index in [1.807, 2.05) is 60.1 Å². The van der Waals surface area contributed by atoms with Gasteiger partial charge in [0.05, 0.1) is 17.6 Å². The Balaban J connectivity index is 2.10. The van der Waals surface area contributed by atoms with Crippen molar-refractivity contribution in [3.63, 3.8) is 0 Å². The summed E-state index contributed by atoms with van der Waals surface area (Å²) < 4.78 is 4.53. The molecule has 0 unspecified atom stereocenters. The number of H-pyrrole nitrogens is 1. The fraction of sp³-hybridized carbons (Fsp3) is 0.118. The molecule has 0 aliphatic rings. The maximum Gasteiger partial charge on any atom is 0.197 e. The van der Waals surface area contributed by atoms with Crippen LogP contribution in [-0.4, -0.2) is 19.3 Å². The van der Waals surface area contributed by atoms with Crippen molar-refractivity contribution < 1.29 is 0 Å². The molecule has 4 aromatic rings. The molecule has 23 heavy (non-hydrogen) atoms. The summed E-state index contributed by atoms with van der Waals surface area (Å²) in [7, 11) is 1.88. The van der Waals surface area contributed by atoms with Gasteiger partial charge in [0.2, 0.25) is 0 Å². The molecule has 0 saturated carbocycles. The second-order valence-corrected chi connectivity index (χ2v) is 5.84. The highest BCUT2D eigenvalue weighted by molar-refractivity contribution is 7.71. The van der Waals surface area contributed by atoms with E-state index in [2.05, 4.69) is 14.8 Å². The summed E-state index contributed by atoms with van der Waals surface area (Å²) in [5.74, 6) is 0.814. The summed E-state index contributed by atoms with van der Waals surface area (Å²) in [4.78, 5) is 12.7. The van der Waals surface area contributed by atoms with E-state index in [0.29, 0.717) is 22.1 Å². The van der Waals surface area contributed by atoms with E-state index in [9.17, 15) is 4.79 Å². The number of pyridine rings is 1. The van der Waals surface area contributed by atoms with Crippen LogP contribution in [0.2, 0.25) is 0 Å². The van der Waals surface area contributed by atoms with Crippen LogP contribution in [-0.2, 0) is 13.6 Å². The van der Waals surface area contributed by atoms with Gasteiger partial charge in [0.25, 0.3) is 0 Å². The Kier molecular flexibility index (Phi) is 3.12. The van der Waals surface area contributed by atoms with Crippen molar-refractivity contribution >= 4 is 34.0 Å². The second-order valence-electron chi connectivity index (χ2n) is 5.45. The molecule has 5 nitrogen and oxygen atoms in total. The minimum Gasteiger partial charge on any atom is -0.333 e. The van der Waals surface area contributed by atoms with Crippen molar-refractivity contribution in [2.75, 3.05) is 0 Å². The number of benzene rings is 2. The molecule has 2 aromatic carbocycles. The van der Waals surface area contributed by atoms with E-state index in [0.717, 1.165) is 16.9 Å². The van der Waals surface area contributed by atoms with Crippen LogP contribution in [0.15, 0.2) is 53.3 Å². The fourth-order valence-electron chi connectivity index (χ4n) is 2.91. The third-order valence-electron chi connectivity index (χ3n) is 4.15. The predicted molar refractivity (Wildman–Crippen MR) is 93.2 cm³/mol. The monoisotopic (exact) mass is 322 g/mol. The van der Waals surface area contributed by atoms with E-state index >= 15 is 0 Å². The van der Waals surface area contributed by atoms with Crippen LogP contribution in [0, 0.1) is 4.77 Å². The number of hydrogen-bond acceptors (Lipinski definition) is 3. The summed E-state index contributed by atoms with van der Waals surface area (Å²) in [6.07, 6.45) is 0. The first-order chi connectivity index (χ1) is 11.2. The lowest BCUT2D eigenvalue weighted by Gasteiger charge is -2.14. The summed E-state index contributed by atoms with van der Waals surface area (Å²) in [6.45, 7) is 0.533. The highest BCUT2D eigenvalue weighted by Crippen LogP contribution is 2.20. The number of para-hydroxylation sites is 2. The maximum absolute atomic E-state index is 12.7. The number of nitrogens with one attached hydrogen (secondary N) is 1. The third-order valence-corrected chi connectivity index (χ3v) is 4.52. The molecule has 0 atom stereocenters. The molecule has 0 fully saturated rings. The zero-order valence-electron chi connectivity index (χ0n) is 12.5. The third kappa shape index (κ3) is 2.10. The van der Waals surface area contributed by atoms with Crippen molar-refractivity contribution in [3.05, 3.63) is 69.3 Å². The minimum atomic E-state index is 0.0582. The Morgan fingerprint density at radius 3 is 2.13 bits per heavy atom. The molecule has 1 N–H and O–H groups in total. The van der Waals surface area contributed by atoms with Gasteiger partial charge in [0, 0.05) is 17.8 Å². The van der Waals surface area contributed by atoms with Crippen molar-refractivity contribution in [1.82, 2.24) is 19.3 Å². The molecule has 2 heterocycles.